The van der Waals surface area contributed by atoms with E-state index in [1.165, 1.54) is 49.1 Å². The zero-order valence-electron chi connectivity index (χ0n) is 15.1. The number of nitrogens with zero attached hydrogens (tertiary/aromatic N) is 3. The third kappa shape index (κ3) is 3.23. The van der Waals surface area contributed by atoms with Crippen molar-refractivity contribution in [3.63, 3.8) is 0 Å². The molecule has 2 aromatic heterocycles. The van der Waals surface area contributed by atoms with Crippen LogP contribution in [0.3, 0.4) is 0 Å². The van der Waals surface area contributed by atoms with E-state index in [4.69, 9.17) is 4.99 Å². The molecule has 128 valence electrons. The quantitative estimate of drug-likeness (QED) is 0.549. The van der Waals surface area contributed by atoms with Gasteiger partial charge in [-0.05, 0) is 57.0 Å². The molecule has 2 heterocycles. The van der Waals surface area contributed by atoms with Crippen LogP contribution in [-0.2, 0) is 0 Å². The summed E-state index contributed by atoms with van der Waals surface area (Å²) in [6.45, 7) is 4.45. The Morgan fingerprint density at radius 3 is 2.76 bits per heavy atom. The molecule has 4 rings (SSSR count). The van der Waals surface area contributed by atoms with Crippen LogP contribution in [0.1, 0.15) is 55.1 Å². The predicted molar refractivity (Wildman–Crippen MR) is 105 cm³/mol. The Bertz CT molecular complexity index is 914. The summed E-state index contributed by atoms with van der Waals surface area (Å²) in [5.74, 6) is 0. The normalized spacial score (nSPS) is 16.1. The number of fused-ring (bicyclic) bond motifs is 1. The van der Waals surface area contributed by atoms with E-state index in [0.717, 1.165) is 16.6 Å². The molecule has 0 radical (unpaired) electrons. The first-order valence-corrected chi connectivity index (χ1v) is 9.29. The summed E-state index contributed by atoms with van der Waals surface area (Å²) in [7, 11) is 0. The zero-order chi connectivity index (χ0) is 17.2. The Hall–Kier alpha value is -2.42. The number of aryl methyl sites for hydroxylation is 1. The third-order valence-electron chi connectivity index (χ3n) is 5.40. The lowest BCUT2D eigenvalue weighted by Crippen LogP contribution is -2.15. The van der Waals surface area contributed by atoms with Gasteiger partial charge in [-0.1, -0.05) is 25.3 Å². The summed E-state index contributed by atoms with van der Waals surface area (Å²) < 4.78 is 2.53. The van der Waals surface area contributed by atoms with Crippen molar-refractivity contribution in [1.29, 1.82) is 0 Å². The summed E-state index contributed by atoms with van der Waals surface area (Å²) in [5.41, 5.74) is 5.92. The van der Waals surface area contributed by atoms with Gasteiger partial charge in [0.15, 0.2) is 0 Å². The molecule has 3 nitrogen and oxygen atoms in total. The topological polar surface area (TPSA) is 30.2 Å². The summed E-state index contributed by atoms with van der Waals surface area (Å²) in [6, 6.07) is 13.2. The van der Waals surface area contributed by atoms with Gasteiger partial charge in [-0.2, -0.15) is 0 Å². The molecule has 3 heteroatoms. The molecule has 1 saturated carbocycles. The van der Waals surface area contributed by atoms with E-state index in [9.17, 15) is 0 Å². The SMILES string of the molecule is Cc1cc(C=Nc2ccc3ncccc3c2)c(C)n1C1CCCCC1. The van der Waals surface area contributed by atoms with Gasteiger partial charge in [0, 0.05) is 40.8 Å². The van der Waals surface area contributed by atoms with Crippen LogP contribution < -0.4 is 0 Å². The molecule has 1 aliphatic rings. The second-order valence-corrected chi connectivity index (χ2v) is 7.13. The summed E-state index contributed by atoms with van der Waals surface area (Å²) in [5, 5.41) is 1.13. The fraction of sp³-hybridized carbons (Fsp3) is 0.364. The number of rotatable bonds is 3. The Morgan fingerprint density at radius 1 is 1.08 bits per heavy atom. The molecule has 0 saturated heterocycles. The maximum atomic E-state index is 4.72. The lowest BCUT2D eigenvalue weighted by atomic mass is 9.95. The van der Waals surface area contributed by atoms with Gasteiger partial charge in [0.1, 0.15) is 0 Å². The van der Waals surface area contributed by atoms with Crippen molar-refractivity contribution in [3.8, 4) is 0 Å². The van der Waals surface area contributed by atoms with Crippen LogP contribution in [0.25, 0.3) is 10.9 Å². The summed E-state index contributed by atoms with van der Waals surface area (Å²) >= 11 is 0. The highest BCUT2D eigenvalue weighted by Crippen LogP contribution is 2.32. The minimum Gasteiger partial charge on any atom is -0.345 e. The van der Waals surface area contributed by atoms with E-state index < -0.39 is 0 Å². The average Bonchev–Trinajstić information content (AvgIpc) is 2.94. The first-order chi connectivity index (χ1) is 12.2. The number of aromatic nitrogens is 2. The maximum Gasteiger partial charge on any atom is 0.0703 e. The second-order valence-electron chi connectivity index (χ2n) is 7.13. The Kier molecular flexibility index (Phi) is 4.39. The number of hydrogen-bond donors (Lipinski definition) is 0. The monoisotopic (exact) mass is 331 g/mol. The highest BCUT2D eigenvalue weighted by atomic mass is 15.0. The van der Waals surface area contributed by atoms with Crippen molar-refractivity contribution in [2.45, 2.75) is 52.0 Å². The van der Waals surface area contributed by atoms with Gasteiger partial charge in [-0.25, -0.2) is 0 Å². The van der Waals surface area contributed by atoms with E-state index in [1.54, 1.807) is 0 Å². The van der Waals surface area contributed by atoms with Crippen molar-refractivity contribution in [3.05, 3.63) is 59.5 Å². The molecule has 0 atom stereocenters. The number of pyridine rings is 1. The lowest BCUT2D eigenvalue weighted by molar-refractivity contribution is 0.346. The molecule has 25 heavy (non-hydrogen) atoms. The van der Waals surface area contributed by atoms with E-state index in [-0.39, 0.29) is 0 Å². The van der Waals surface area contributed by atoms with Gasteiger partial charge in [0.05, 0.1) is 11.2 Å². The molecule has 3 aromatic rings. The molecule has 0 bridgehead atoms. The van der Waals surface area contributed by atoms with Crippen molar-refractivity contribution in [2.75, 3.05) is 0 Å². The van der Waals surface area contributed by atoms with Crippen LogP contribution in [0, 0.1) is 13.8 Å². The molecule has 0 spiro atoms. The Balaban J connectivity index is 1.62. The van der Waals surface area contributed by atoms with Crippen molar-refractivity contribution in [1.82, 2.24) is 9.55 Å². The second kappa shape index (κ2) is 6.83. The highest BCUT2D eigenvalue weighted by Gasteiger charge is 2.19. The number of benzene rings is 1. The summed E-state index contributed by atoms with van der Waals surface area (Å²) in [4.78, 5) is 9.09. The predicted octanol–water partition coefficient (Wildman–Crippen LogP) is 5.91. The van der Waals surface area contributed by atoms with Crippen LogP contribution in [0.5, 0.6) is 0 Å². The molecule has 1 aliphatic carbocycles. The van der Waals surface area contributed by atoms with Crippen molar-refractivity contribution < 1.29 is 0 Å². The van der Waals surface area contributed by atoms with Crippen molar-refractivity contribution in [2.24, 2.45) is 4.99 Å². The molecule has 1 aromatic carbocycles. The average molecular weight is 331 g/mol. The largest absolute Gasteiger partial charge is 0.345 e. The molecule has 0 amide bonds. The Morgan fingerprint density at radius 2 is 1.92 bits per heavy atom. The smallest absolute Gasteiger partial charge is 0.0703 e. The molecule has 0 N–H and O–H groups in total. The summed E-state index contributed by atoms with van der Waals surface area (Å²) in [6.07, 6.45) is 10.6. The fourth-order valence-electron chi connectivity index (χ4n) is 4.12. The van der Waals surface area contributed by atoms with Crippen LogP contribution >= 0.6 is 0 Å². The van der Waals surface area contributed by atoms with Crippen LogP contribution in [-0.4, -0.2) is 15.8 Å². The molecular weight excluding hydrogens is 306 g/mol. The maximum absolute atomic E-state index is 4.72. The van der Waals surface area contributed by atoms with Gasteiger partial charge >= 0.3 is 0 Å². The van der Waals surface area contributed by atoms with Crippen molar-refractivity contribution >= 4 is 22.8 Å². The fourth-order valence-corrected chi connectivity index (χ4v) is 4.12. The number of aliphatic imine (C=N–C) groups is 1. The minimum absolute atomic E-state index is 0.669. The minimum atomic E-state index is 0.669. The lowest BCUT2D eigenvalue weighted by Gasteiger charge is -2.26. The van der Waals surface area contributed by atoms with E-state index in [0.29, 0.717) is 6.04 Å². The van der Waals surface area contributed by atoms with Gasteiger partial charge in [-0.3, -0.25) is 9.98 Å². The molecule has 0 unspecified atom stereocenters. The van der Waals surface area contributed by atoms with Gasteiger partial charge in [0.25, 0.3) is 0 Å². The highest BCUT2D eigenvalue weighted by molar-refractivity contribution is 5.86. The van der Waals surface area contributed by atoms with E-state index in [2.05, 4.69) is 41.6 Å². The van der Waals surface area contributed by atoms with E-state index >= 15 is 0 Å². The van der Waals surface area contributed by atoms with Crippen LogP contribution in [0.4, 0.5) is 5.69 Å². The van der Waals surface area contributed by atoms with E-state index in [1.807, 2.05) is 30.6 Å². The first kappa shape index (κ1) is 16.1. The van der Waals surface area contributed by atoms with Crippen LogP contribution in [0.2, 0.25) is 0 Å². The number of hydrogen-bond acceptors (Lipinski definition) is 2. The first-order valence-electron chi connectivity index (χ1n) is 9.29. The van der Waals surface area contributed by atoms with Gasteiger partial charge < -0.3 is 4.57 Å². The third-order valence-corrected chi connectivity index (χ3v) is 5.40. The molecular formula is C22H25N3. The molecule has 1 fully saturated rings. The van der Waals surface area contributed by atoms with Gasteiger partial charge in [0.2, 0.25) is 0 Å². The van der Waals surface area contributed by atoms with Crippen LogP contribution in [0.15, 0.2) is 47.6 Å². The standard InChI is InChI=1S/C22H25N3/c1-16-13-19(17(2)25(16)21-8-4-3-5-9-21)15-24-20-10-11-22-18(14-20)7-6-12-23-22/h6-7,10-15,21H,3-5,8-9H2,1-2H3. The van der Waals surface area contributed by atoms with Gasteiger partial charge in [-0.15, -0.1) is 0 Å². The zero-order valence-corrected chi connectivity index (χ0v) is 15.1. The molecule has 0 aliphatic heterocycles. The Labute approximate surface area is 149 Å².